The molecule has 1 atom stereocenters. The Balaban J connectivity index is 1.78. The summed E-state index contributed by atoms with van der Waals surface area (Å²) in [6, 6.07) is 11.6. The van der Waals surface area contributed by atoms with E-state index in [2.05, 4.69) is 10.4 Å². The third-order valence-electron chi connectivity index (χ3n) is 4.70. The Bertz CT molecular complexity index is 998. The standard InChI is InChI=1S/C20H18FN3O3/c1-26-17-8-3-12(9-18(17)27-2)15-10-19(25)23-20-16(15)11-22-24(20)14-6-4-13(21)5-7-14/h3-9,11,15H,10H2,1-2H3,(H,23,25)/t15-/m0/s1. The first kappa shape index (κ1) is 17.1. The third-order valence-corrected chi connectivity index (χ3v) is 4.70. The summed E-state index contributed by atoms with van der Waals surface area (Å²) in [5.74, 6) is 1.23. The molecule has 138 valence electrons. The number of hydrogen-bond donors (Lipinski definition) is 1. The Hall–Kier alpha value is -3.35. The predicted octanol–water partition coefficient (Wildman–Crippen LogP) is 3.50. The number of methoxy groups -OCH3 is 2. The molecule has 6 nitrogen and oxygen atoms in total. The first-order chi connectivity index (χ1) is 13.1. The lowest BCUT2D eigenvalue weighted by atomic mass is 9.87. The number of amides is 1. The van der Waals surface area contributed by atoms with E-state index in [1.54, 1.807) is 37.2 Å². The van der Waals surface area contributed by atoms with E-state index in [0.29, 0.717) is 29.4 Å². The highest BCUT2D eigenvalue weighted by Gasteiger charge is 2.31. The molecule has 7 heteroatoms. The Morgan fingerprint density at radius 1 is 1.11 bits per heavy atom. The molecule has 0 aliphatic carbocycles. The summed E-state index contributed by atoms with van der Waals surface area (Å²) in [4.78, 5) is 12.4. The summed E-state index contributed by atoms with van der Waals surface area (Å²) in [5, 5.41) is 7.29. The molecule has 3 aromatic rings. The molecule has 0 unspecified atom stereocenters. The second-order valence-electron chi connectivity index (χ2n) is 6.26. The molecule has 0 saturated carbocycles. The number of hydrogen-bond acceptors (Lipinski definition) is 4. The first-order valence-electron chi connectivity index (χ1n) is 8.46. The number of fused-ring (bicyclic) bond motifs is 1. The highest BCUT2D eigenvalue weighted by atomic mass is 19.1. The molecule has 2 aromatic carbocycles. The second kappa shape index (κ2) is 6.75. The van der Waals surface area contributed by atoms with Gasteiger partial charge in [0, 0.05) is 17.9 Å². The summed E-state index contributed by atoms with van der Waals surface area (Å²) >= 11 is 0. The fourth-order valence-corrected chi connectivity index (χ4v) is 3.36. The minimum Gasteiger partial charge on any atom is -0.493 e. The lowest BCUT2D eigenvalue weighted by Crippen LogP contribution is -2.24. The molecule has 0 fully saturated rings. The topological polar surface area (TPSA) is 65.4 Å². The molecule has 1 aromatic heterocycles. The number of carbonyl (C=O) groups excluding carboxylic acids is 1. The fourth-order valence-electron chi connectivity index (χ4n) is 3.36. The van der Waals surface area contributed by atoms with E-state index in [9.17, 15) is 9.18 Å². The van der Waals surface area contributed by atoms with Crippen LogP contribution >= 0.6 is 0 Å². The van der Waals surface area contributed by atoms with Crippen molar-refractivity contribution < 1.29 is 18.7 Å². The minimum atomic E-state index is -0.327. The monoisotopic (exact) mass is 367 g/mol. The van der Waals surface area contributed by atoms with E-state index in [-0.39, 0.29) is 17.6 Å². The van der Waals surface area contributed by atoms with Crippen LogP contribution < -0.4 is 14.8 Å². The summed E-state index contributed by atoms with van der Waals surface area (Å²) < 4.78 is 25.5. The summed E-state index contributed by atoms with van der Waals surface area (Å²) in [6.07, 6.45) is 2.04. The normalized spacial score (nSPS) is 15.8. The maximum absolute atomic E-state index is 13.2. The molecule has 0 spiro atoms. The van der Waals surface area contributed by atoms with Crippen LogP contribution in [0, 0.1) is 5.82 Å². The van der Waals surface area contributed by atoms with Crippen LogP contribution in [0.1, 0.15) is 23.5 Å². The van der Waals surface area contributed by atoms with E-state index >= 15 is 0 Å². The zero-order valence-corrected chi connectivity index (χ0v) is 14.9. The Morgan fingerprint density at radius 2 is 1.85 bits per heavy atom. The quantitative estimate of drug-likeness (QED) is 0.766. The number of anilines is 1. The SMILES string of the molecule is COc1ccc([C@@H]2CC(=O)Nc3c2cnn3-c2ccc(F)cc2)cc1OC. The third kappa shape index (κ3) is 3.01. The highest BCUT2D eigenvalue weighted by Crippen LogP contribution is 2.40. The van der Waals surface area contributed by atoms with Crippen molar-refractivity contribution in [3.63, 3.8) is 0 Å². The number of halogens is 1. The average molecular weight is 367 g/mol. The van der Waals surface area contributed by atoms with Gasteiger partial charge < -0.3 is 14.8 Å². The second-order valence-corrected chi connectivity index (χ2v) is 6.26. The number of ether oxygens (including phenoxy) is 2. The van der Waals surface area contributed by atoms with Gasteiger partial charge in [-0.25, -0.2) is 9.07 Å². The van der Waals surface area contributed by atoms with Gasteiger partial charge in [-0.3, -0.25) is 4.79 Å². The smallest absolute Gasteiger partial charge is 0.226 e. The predicted molar refractivity (Wildman–Crippen MR) is 98.2 cm³/mol. The van der Waals surface area contributed by atoms with E-state index in [1.165, 1.54) is 12.1 Å². The van der Waals surface area contributed by atoms with Crippen LogP contribution in [0.5, 0.6) is 11.5 Å². The van der Waals surface area contributed by atoms with Gasteiger partial charge in [0.1, 0.15) is 11.6 Å². The molecule has 4 rings (SSSR count). The van der Waals surface area contributed by atoms with Gasteiger partial charge in [0.2, 0.25) is 5.91 Å². The van der Waals surface area contributed by atoms with Gasteiger partial charge in [-0.05, 0) is 42.0 Å². The van der Waals surface area contributed by atoms with Crippen molar-refractivity contribution in [2.75, 3.05) is 19.5 Å². The van der Waals surface area contributed by atoms with Crippen LogP contribution in [0.25, 0.3) is 5.69 Å². The average Bonchev–Trinajstić information content (AvgIpc) is 3.11. The number of nitrogens with zero attached hydrogens (tertiary/aromatic N) is 2. The molecule has 27 heavy (non-hydrogen) atoms. The van der Waals surface area contributed by atoms with Gasteiger partial charge >= 0.3 is 0 Å². The summed E-state index contributed by atoms with van der Waals surface area (Å²) in [6.45, 7) is 0. The molecular weight excluding hydrogens is 349 g/mol. The maximum Gasteiger partial charge on any atom is 0.226 e. The number of benzene rings is 2. The molecule has 1 aliphatic rings. The lowest BCUT2D eigenvalue weighted by Gasteiger charge is -2.24. The van der Waals surface area contributed by atoms with Crippen molar-refractivity contribution in [2.45, 2.75) is 12.3 Å². The molecule has 1 aliphatic heterocycles. The minimum absolute atomic E-state index is 0.105. The van der Waals surface area contributed by atoms with Crippen molar-refractivity contribution in [2.24, 2.45) is 0 Å². The Morgan fingerprint density at radius 3 is 2.56 bits per heavy atom. The first-order valence-corrected chi connectivity index (χ1v) is 8.46. The fraction of sp³-hybridized carbons (Fsp3) is 0.200. The van der Waals surface area contributed by atoms with E-state index < -0.39 is 0 Å². The van der Waals surface area contributed by atoms with Gasteiger partial charge in [0.15, 0.2) is 11.5 Å². The van der Waals surface area contributed by atoms with Gasteiger partial charge in [0.25, 0.3) is 0 Å². The number of rotatable bonds is 4. The molecule has 2 heterocycles. The van der Waals surface area contributed by atoms with Gasteiger partial charge in [0.05, 0.1) is 26.1 Å². The number of carbonyl (C=O) groups is 1. The van der Waals surface area contributed by atoms with Crippen LogP contribution in [-0.4, -0.2) is 29.9 Å². The molecule has 0 bridgehead atoms. The van der Waals surface area contributed by atoms with Crippen LogP contribution in [0.2, 0.25) is 0 Å². The molecule has 1 amide bonds. The van der Waals surface area contributed by atoms with Gasteiger partial charge in [-0.15, -0.1) is 0 Å². The van der Waals surface area contributed by atoms with Crippen molar-refractivity contribution in [1.29, 1.82) is 0 Å². The van der Waals surface area contributed by atoms with Gasteiger partial charge in [-0.2, -0.15) is 5.10 Å². The molecule has 0 saturated heterocycles. The lowest BCUT2D eigenvalue weighted by molar-refractivity contribution is -0.116. The van der Waals surface area contributed by atoms with Crippen LogP contribution in [-0.2, 0) is 4.79 Å². The summed E-state index contributed by atoms with van der Waals surface area (Å²) in [5.41, 5.74) is 2.50. The molecular formula is C20H18FN3O3. The number of nitrogens with one attached hydrogen (secondary N) is 1. The van der Waals surface area contributed by atoms with Crippen molar-refractivity contribution in [1.82, 2.24) is 9.78 Å². The Kier molecular flexibility index (Phi) is 4.27. The van der Waals surface area contributed by atoms with Crippen LogP contribution in [0.3, 0.4) is 0 Å². The van der Waals surface area contributed by atoms with Crippen molar-refractivity contribution >= 4 is 11.7 Å². The number of aromatic nitrogens is 2. The van der Waals surface area contributed by atoms with Crippen LogP contribution in [0.15, 0.2) is 48.7 Å². The maximum atomic E-state index is 13.2. The largest absolute Gasteiger partial charge is 0.493 e. The van der Waals surface area contributed by atoms with E-state index in [1.807, 2.05) is 18.2 Å². The van der Waals surface area contributed by atoms with Crippen molar-refractivity contribution in [3.05, 3.63) is 65.6 Å². The van der Waals surface area contributed by atoms with E-state index in [4.69, 9.17) is 9.47 Å². The zero-order valence-electron chi connectivity index (χ0n) is 14.9. The highest BCUT2D eigenvalue weighted by molar-refractivity contribution is 5.94. The zero-order chi connectivity index (χ0) is 19.0. The Labute approximate surface area is 155 Å². The van der Waals surface area contributed by atoms with Gasteiger partial charge in [-0.1, -0.05) is 6.07 Å². The molecule has 0 radical (unpaired) electrons. The molecule has 1 N–H and O–H groups in total. The summed E-state index contributed by atoms with van der Waals surface area (Å²) in [7, 11) is 3.16. The van der Waals surface area contributed by atoms with E-state index in [0.717, 1.165) is 11.1 Å². The van der Waals surface area contributed by atoms with Crippen LogP contribution in [0.4, 0.5) is 10.2 Å². The van der Waals surface area contributed by atoms with Crippen molar-refractivity contribution in [3.8, 4) is 17.2 Å².